The first-order valence-corrected chi connectivity index (χ1v) is 33.1. The fraction of sp³-hybridized carbons (Fsp3) is 0.429. The number of fused-ring (bicyclic) bond motifs is 2. The molecule has 0 aliphatic carbocycles. The molecule has 2 unspecified atom stereocenters. The number of carboxylic acids is 1. The Morgan fingerprint density at radius 2 is 1.39 bits per heavy atom. The number of aliphatic carboxylic acids is 1. The predicted molar refractivity (Wildman–Crippen MR) is 312 cm³/mol. The number of aliphatic imine (C=N–C) groups is 2. The Morgan fingerprint density at radius 3 is 1.98 bits per heavy atom. The largest absolute Gasteiger partial charge is 1.00 e. The molecule has 1 N–H and O–H groups in total. The minimum atomic E-state index is -4.59. The molecule has 6 rings (SSSR count). The summed E-state index contributed by atoms with van der Waals surface area (Å²) in [6.45, 7) is 11.3. The van der Waals surface area contributed by atoms with Crippen molar-refractivity contribution in [2.24, 2.45) is 15.4 Å². The summed E-state index contributed by atoms with van der Waals surface area (Å²) in [6, 6.07) is 15.6. The van der Waals surface area contributed by atoms with E-state index in [1.807, 2.05) is 58.1 Å². The van der Waals surface area contributed by atoms with Gasteiger partial charge in [0.15, 0.2) is 17.9 Å². The second-order valence-corrected chi connectivity index (χ2v) is 28.7. The Balaban J connectivity index is 0.00000757. The van der Waals surface area contributed by atoms with E-state index in [2.05, 4.69) is 23.7 Å². The number of rotatable bonds is 26. The van der Waals surface area contributed by atoms with Gasteiger partial charge in [-0.1, -0.05) is 50.0 Å². The number of benzene rings is 2. The Kier molecular flexibility index (Phi) is 27.6. The Bertz CT molecular complexity index is 3700. The zero-order valence-electron chi connectivity index (χ0n) is 48.7. The van der Waals surface area contributed by atoms with Crippen molar-refractivity contribution in [1.82, 2.24) is 4.90 Å². The van der Waals surface area contributed by atoms with Gasteiger partial charge in [-0.25, -0.2) is 48.1 Å². The molecule has 21 nitrogen and oxygen atoms in total. The molecule has 0 spiro atoms. The summed E-state index contributed by atoms with van der Waals surface area (Å²) in [4.78, 5) is 27.5. The maximum atomic E-state index is 12.7. The van der Waals surface area contributed by atoms with Crippen LogP contribution in [-0.2, 0) is 66.4 Å². The normalized spacial score (nSPS) is 16.5. The molecule has 2 atom stereocenters. The summed E-state index contributed by atoms with van der Waals surface area (Å²) in [5.41, 5.74) is 4.89. The second kappa shape index (κ2) is 31.5. The second-order valence-electron chi connectivity index (χ2n) is 20.9. The van der Waals surface area contributed by atoms with Crippen molar-refractivity contribution in [1.29, 1.82) is 0 Å². The Labute approximate surface area is 584 Å². The molecule has 28 heteroatoms. The van der Waals surface area contributed by atoms with E-state index in [1.165, 1.54) is 25.3 Å². The fourth-order valence-corrected chi connectivity index (χ4v) is 11.7. The van der Waals surface area contributed by atoms with Crippen LogP contribution in [0.3, 0.4) is 0 Å². The number of pyridine rings is 1. The van der Waals surface area contributed by atoms with Crippen molar-refractivity contribution < 1.29 is 174 Å². The van der Waals surface area contributed by atoms with Gasteiger partial charge in [0.2, 0.25) is 10.0 Å². The monoisotopic (exact) mass is 1300 g/mol. The number of hydrogen-bond acceptors (Lipinski definition) is 19. The molecule has 3 aliphatic rings. The number of carbonyl (C=O) groups is 1. The van der Waals surface area contributed by atoms with Crippen molar-refractivity contribution in [2.45, 2.75) is 109 Å². The van der Waals surface area contributed by atoms with E-state index in [-0.39, 0.29) is 155 Å². The zero-order chi connectivity index (χ0) is 60.4. The van der Waals surface area contributed by atoms with Crippen molar-refractivity contribution in [3.05, 3.63) is 130 Å². The van der Waals surface area contributed by atoms with Crippen molar-refractivity contribution in [3.63, 3.8) is 0 Å². The molecule has 0 fully saturated rings. The molecule has 3 aliphatic heterocycles. The standard InChI is InChI=1S/C56H68N6O15S5.2K/c1-40(81(70,71)72)29-33-59-38-44(19-17-42-21-25-46(26-22-42)61(78-77-76-7)31-13-35-80(67,68)69)36-48-53(59)57-50(55(48,3)4)14-12-15-51-56(5,6)49-37-45(39-60(54(49)58-51)34-30-41(2)82(73,74)75)20-18-43-23-27-47(28-24-43)62(79(8,65)66)32-11-9-10-16-52(63)64;;/h12,14-15,21-28,36-41H,9-11,13,16,29-35H2,1-8H3,(H3-,63,64,67,68,69,70,71,72,73,74,75);;/q;2*+1/p-2. The van der Waals surface area contributed by atoms with Crippen molar-refractivity contribution in [3.8, 4) is 23.7 Å². The van der Waals surface area contributed by atoms with E-state index < -0.39 is 73.4 Å². The average Bonchev–Trinajstić information content (AvgIpc) is 2.72. The van der Waals surface area contributed by atoms with Crippen LogP contribution < -0.4 is 116 Å². The predicted octanol–water partition coefficient (Wildman–Crippen LogP) is 0.743. The van der Waals surface area contributed by atoms with Crippen LogP contribution >= 0.6 is 12.2 Å². The summed E-state index contributed by atoms with van der Waals surface area (Å²) in [6.07, 6.45) is 13.6. The van der Waals surface area contributed by atoms with E-state index in [0.29, 0.717) is 76.0 Å². The molecule has 0 saturated carbocycles. The van der Waals surface area contributed by atoms with Gasteiger partial charge in [-0.3, -0.25) is 13.4 Å². The molecular weight excluding hydrogens is 1240 g/mol. The molecule has 442 valence electrons. The number of anilines is 2. The van der Waals surface area contributed by atoms with Gasteiger partial charge < -0.3 is 23.7 Å². The molecule has 0 radical (unpaired) electrons. The average molecular weight is 1300 g/mol. The van der Waals surface area contributed by atoms with Crippen LogP contribution in [-0.4, -0.2) is 124 Å². The third-order valence-corrected chi connectivity index (χ3v) is 19.1. The van der Waals surface area contributed by atoms with Gasteiger partial charge in [0.25, 0.3) is 0 Å². The first-order chi connectivity index (χ1) is 38.3. The molecule has 2 aromatic carbocycles. The van der Waals surface area contributed by atoms with Gasteiger partial charge in [-0.15, -0.1) is 4.33 Å². The van der Waals surface area contributed by atoms with Gasteiger partial charge in [-0.05, 0) is 131 Å². The number of aryl methyl sites for hydroxylation is 1. The van der Waals surface area contributed by atoms with E-state index in [0.717, 1.165) is 29.6 Å². The Morgan fingerprint density at radius 1 is 0.798 bits per heavy atom. The third-order valence-electron chi connectivity index (χ3n) is 14.0. The SMILES string of the molecule is COOSN(CCCS(=O)(=O)[O-])c1ccc(C#CC2=CN(CCC(C)S(=O)(=O)[O-])C3=N/C(=C\C=C\C4=Nc5c(cc(C#Cc6ccc(N(CCCCCC(=O)O)S(C)(=O)=O)cc6)c[n+]5CCC(C)S(=O)(=O)[O-])C4(C)C)C(C)(C)C3=C2)cc1.[K+].[K+]. The maximum absolute atomic E-state index is 12.7. The fourth-order valence-electron chi connectivity index (χ4n) is 8.93. The number of carboxylic acid groups (broad SMARTS) is 1. The molecule has 4 heterocycles. The molecule has 3 aromatic rings. The summed E-state index contributed by atoms with van der Waals surface area (Å²) in [5, 5.41) is 6.58. The van der Waals surface area contributed by atoms with Gasteiger partial charge in [0.05, 0.1) is 83.4 Å². The van der Waals surface area contributed by atoms with Crippen LogP contribution in [0.5, 0.6) is 0 Å². The Hall–Kier alpha value is -2.90. The summed E-state index contributed by atoms with van der Waals surface area (Å²) in [7, 11) is -15.9. The van der Waals surface area contributed by atoms with Gasteiger partial charge in [-0.2, -0.15) is 0 Å². The summed E-state index contributed by atoms with van der Waals surface area (Å²) < 4.78 is 141. The molecule has 1 aromatic heterocycles. The van der Waals surface area contributed by atoms with Gasteiger partial charge in [0.1, 0.15) is 12.0 Å². The number of amidine groups is 1. The van der Waals surface area contributed by atoms with Crippen LogP contribution in [0.25, 0.3) is 0 Å². The van der Waals surface area contributed by atoms with E-state index in [4.69, 9.17) is 24.3 Å². The minimum Gasteiger partial charge on any atom is -0.748 e. The topological polar surface area (TPSA) is 300 Å². The zero-order valence-corrected chi connectivity index (χ0v) is 59.0. The quantitative estimate of drug-likeness (QED) is 0.0133. The number of hydrogen-bond donors (Lipinski definition) is 1. The van der Waals surface area contributed by atoms with Crippen LogP contribution in [0.4, 0.5) is 17.2 Å². The van der Waals surface area contributed by atoms with E-state index >= 15 is 0 Å². The first-order valence-electron chi connectivity index (χ1n) is 26.0. The molecule has 0 saturated heterocycles. The van der Waals surface area contributed by atoms with Crippen molar-refractivity contribution in [2.75, 3.05) is 47.4 Å². The van der Waals surface area contributed by atoms with E-state index in [1.54, 1.807) is 74.7 Å². The van der Waals surface area contributed by atoms with E-state index in [9.17, 15) is 52.1 Å². The molecule has 84 heavy (non-hydrogen) atoms. The number of aromatic nitrogens is 1. The van der Waals surface area contributed by atoms with Crippen LogP contribution in [0.2, 0.25) is 0 Å². The smallest absolute Gasteiger partial charge is 0.748 e. The van der Waals surface area contributed by atoms with Crippen LogP contribution in [0, 0.1) is 29.1 Å². The first kappa shape index (κ1) is 73.6. The van der Waals surface area contributed by atoms with Crippen molar-refractivity contribution >= 4 is 87.3 Å². The molecular formula is C56H66K2N6O15S5. The minimum absolute atomic E-state index is 0. The number of unbranched alkanes of at least 4 members (excludes halogenated alkanes) is 2. The number of allylic oxidation sites excluding steroid dienone is 6. The van der Waals surface area contributed by atoms with Gasteiger partial charge >= 0.3 is 115 Å². The molecule has 0 amide bonds. The number of sulfonamides is 1. The number of nitrogens with zero attached hydrogens (tertiary/aromatic N) is 6. The van der Waals surface area contributed by atoms with Crippen LogP contribution in [0.1, 0.15) is 109 Å². The molecule has 0 bridgehead atoms. The van der Waals surface area contributed by atoms with Gasteiger partial charge in [0, 0.05) is 83.1 Å². The summed E-state index contributed by atoms with van der Waals surface area (Å²) in [5.74, 6) is 12.3. The van der Waals surface area contributed by atoms with Crippen LogP contribution in [0.15, 0.2) is 118 Å². The maximum Gasteiger partial charge on any atom is 1.00 e. The summed E-state index contributed by atoms with van der Waals surface area (Å²) >= 11 is 0.825. The third kappa shape index (κ3) is 20.9.